The molecule has 0 spiro atoms. The van der Waals surface area contributed by atoms with Gasteiger partial charge in [0.15, 0.2) is 0 Å². The lowest BCUT2D eigenvalue weighted by Crippen LogP contribution is -1.95. The highest BCUT2D eigenvalue weighted by Gasteiger charge is 1.91. The molecule has 1 heterocycles. The summed E-state index contributed by atoms with van der Waals surface area (Å²) >= 11 is 0. The number of rotatable bonds is 2. The van der Waals surface area contributed by atoms with Crippen LogP contribution in [0.15, 0.2) is 18.3 Å². The molecule has 1 aromatic heterocycles. The number of hydrogen-bond acceptors (Lipinski definition) is 3. The molecule has 0 saturated heterocycles. The van der Waals surface area contributed by atoms with E-state index < -0.39 is 0 Å². The second-order valence-corrected chi connectivity index (χ2v) is 2.55. The summed E-state index contributed by atoms with van der Waals surface area (Å²) in [6.45, 7) is 0.584. The second-order valence-electron chi connectivity index (χ2n) is 2.55. The summed E-state index contributed by atoms with van der Waals surface area (Å²) in [4.78, 5) is 4.03. The molecule has 0 atom stereocenters. The predicted octanol–water partition coefficient (Wildman–Crippen LogP) is 0.274. The molecule has 0 unspecified atom stereocenters. The summed E-state index contributed by atoms with van der Waals surface area (Å²) in [6.07, 6.45) is 2.31. The van der Waals surface area contributed by atoms with Crippen molar-refractivity contribution < 1.29 is 5.11 Å². The number of aliphatic hydroxyl groups is 1. The molecule has 0 aromatic carbocycles. The molecular weight excluding hydrogens is 164 g/mol. The van der Waals surface area contributed by atoms with E-state index >= 15 is 0 Å². The standard InChI is InChI=1S/C10H12N2O/c11-5-2-1-3-10-7-9(8-13)4-6-12-10/h4,6-7,13H,2,5,8,11H2. The molecule has 1 rings (SSSR count). The van der Waals surface area contributed by atoms with Gasteiger partial charge in [-0.3, -0.25) is 0 Å². The van der Waals surface area contributed by atoms with E-state index in [1.54, 1.807) is 18.3 Å². The van der Waals surface area contributed by atoms with Gasteiger partial charge in [0.25, 0.3) is 0 Å². The number of nitrogens with zero attached hydrogens (tertiary/aromatic N) is 1. The molecule has 0 radical (unpaired) electrons. The maximum atomic E-state index is 8.84. The Morgan fingerprint density at radius 3 is 3.08 bits per heavy atom. The first kappa shape index (κ1) is 9.72. The molecule has 0 aliphatic carbocycles. The predicted molar refractivity (Wildman–Crippen MR) is 50.7 cm³/mol. The molecule has 3 N–H and O–H groups in total. The highest BCUT2D eigenvalue weighted by molar-refractivity contribution is 5.30. The van der Waals surface area contributed by atoms with E-state index in [1.165, 1.54) is 0 Å². The Kier molecular flexibility index (Phi) is 3.97. The Morgan fingerprint density at radius 1 is 1.54 bits per heavy atom. The topological polar surface area (TPSA) is 59.1 Å². The zero-order valence-corrected chi connectivity index (χ0v) is 7.33. The molecule has 3 heteroatoms. The molecule has 0 aliphatic heterocycles. The van der Waals surface area contributed by atoms with Gasteiger partial charge in [0.1, 0.15) is 5.69 Å². The molecule has 0 amide bonds. The summed E-state index contributed by atoms with van der Waals surface area (Å²) in [5, 5.41) is 8.84. The first-order valence-electron chi connectivity index (χ1n) is 4.11. The maximum absolute atomic E-state index is 8.84. The third kappa shape index (κ3) is 3.24. The highest BCUT2D eigenvalue weighted by Crippen LogP contribution is 1.99. The van der Waals surface area contributed by atoms with Crippen molar-refractivity contribution in [3.63, 3.8) is 0 Å². The average molecular weight is 176 g/mol. The summed E-state index contributed by atoms with van der Waals surface area (Å²) in [5.74, 6) is 5.75. The van der Waals surface area contributed by atoms with Crippen molar-refractivity contribution in [1.82, 2.24) is 4.98 Å². The summed E-state index contributed by atoms with van der Waals surface area (Å²) in [6, 6.07) is 3.53. The van der Waals surface area contributed by atoms with Gasteiger partial charge < -0.3 is 10.8 Å². The quantitative estimate of drug-likeness (QED) is 0.636. The largest absolute Gasteiger partial charge is 0.392 e. The van der Waals surface area contributed by atoms with Gasteiger partial charge in [-0.2, -0.15) is 0 Å². The monoisotopic (exact) mass is 176 g/mol. The third-order valence-electron chi connectivity index (χ3n) is 1.49. The molecule has 0 aliphatic rings. The van der Waals surface area contributed by atoms with Crippen molar-refractivity contribution >= 4 is 0 Å². The van der Waals surface area contributed by atoms with Crippen LogP contribution in [0.25, 0.3) is 0 Å². The summed E-state index contributed by atoms with van der Waals surface area (Å²) < 4.78 is 0. The summed E-state index contributed by atoms with van der Waals surface area (Å²) in [5.41, 5.74) is 6.79. The van der Waals surface area contributed by atoms with E-state index in [0.29, 0.717) is 18.7 Å². The molecule has 0 bridgehead atoms. The lowest BCUT2D eigenvalue weighted by atomic mass is 10.2. The van der Waals surface area contributed by atoms with Crippen LogP contribution in [0.1, 0.15) is 17.7 Å². The van der Waals surface area contributed by atoms with Gasteiger partial charge in [-0.05, 0) is 23.6 Å². The number of pyridine rings is 1. The van der Waals surface area contributed by atoms with Gasteiger partial charge in [0.2, 0.25) is 0 Å². The number of nitrogens with two attached hydrogens (primary N) is 1. The average Bonchev–Trinajstić information content (AvgIpc) is 2.19. The lowest BCUT2D eigenvalue weighted by molar-refractivity contribution is 0.281. The van der Waals surface area contributed by atoms with Gasteiger partial charge in [-0.1, -0.05) is 5.92 Å². The summed E-state index contributed by atoms with van der Waals surface area (Å²) in [7, 11) is 0. The molecule has 1 aromatic rings. The Hall–Kier alpha value is -1.37. The minimum absolute atomic E-state index is 0.0219. The molecule has 0 saturated carbocycles. The number of hydrogen-bond donors (Lipinski definition) is 2. The van der Waals surface area contributed by atoms with Crippen LogP contribution in [-0.4, -0.2) is 16.6 Å². The molecular formula is C10H12N2O. The van der Waals surface area contributed by atoms with Crippen LogP contribution in [0.5, 0.6) is 0 Å². The van der Waals surface area contributed by atoms with E-state index in [1.807, 2.05) is 0 Å². The number of aliphatic hydroxyl groups excluding tert-OH is 1. The van der Waals surface area contributed by atoms with Gasteiger partial charge in [0, 0.05) is 19.2 Å². The lowest BCUT2D eigenvalue weighted by Gasteiger charge is -1.94. The van der Waals surface area contributed by atoms with Gasteiger partial charge in [-0.25, -0.2) is 4.98 Å². The van der Waals surface area contributed by atoms with E-state index in [4.69, 9.17) is 10.8 Å². The normalized spacial score (nSPS) is 9.08. The Bertz CT molecular complexity index is 325. The second kappa shape index (κ2) is 5.31. The Morgan fingerprint density at radius 2 is 2.38 bits per heavy atom. The zero-order chi connectivity index (χ0) is 9.52. The zero-order valence-electron chi connectivity index (χ0n) is 7.33. The van der Waals surface area contributed by atoms with E-state index in [-0.39, 0.29) is 6.61 Å². The molecule has 0 fully saturated rings. The Balaban J connectivity index is 2.73. The van der Waals surface area contributed by atoms with Gasteiger partial charge >= 0.3 is 0 Å². The van der Waals surface area contributed by atoms with Crippen LogP contribution in [0.2, 0.25) is 0 Å². The van der Waals surface area contributed by atoms with Crippen LogP contribution in [0.4, 0.5) is 0 Å². The SMILES string of the molecule is NCCC#Cc1cc(CO)ccn1. The van der Waals surface area contributed by atoms with Crippen LogP contribution in [0, 0.1) is 11.8 Å². The first-order chi connectivity index (χ1) is 6.36. The smallest absolute Gasteiger partial charge is 0.113 e. The van der Waals surface area contributed by atoms with Gasteiger partial charge in [-0.15, -0.1) is 0 Å². The number of aromatic nitrogens is 1. The van der Waals surface area contributed by atoms with Crippen LogP contribution >= 0.6 is 0 Å². The van der Waals surface area contributed by atoms with Crippen molar-refractivity contribution in [3.8, 4) is 11.8 Å². The maximum Gasteiger partial charge on any atom is 0.113 e. The minimum atomic E-state index is 0.0219. The first-order valence-corrected chi connectivity index (χ1v) is 4.11. The van der Waals surface area contributed by atoms with Crippen molar-refractivity contribution in [3.05, 3.63) is 29.6 Å². The molecule has 3 nitrogen and oxygen atoms in total. The van der Waals surface area contributed by atoms with Crippen molar-refractivity contribution in [1.29, 1.82) is 0 Å². The van der Waals surface area contributed by atoms with E-state index in [2.05, 4.69) is 16.8 Å². The van der Waals surface area contributed by atoms with Crippen molar-refractivity contribution in [2.75, 3.05) is 6.54 Å². The van der Waals surface area contributed by atoms with Crippen molar-refractivity contribution in [2.45, 2.75) is 13.0 Å². The molecule has 13 heavy (non-hydrogen) atoms. The fourth-order valence-electron chi connectivity index (χ4n) is 0.866. The van der Waals surface area contributed by atoms with Crippen LogP contribution in [0.3, 0.4) is 0 Å². The fraction of sp³-hybridized carbons (Fsp3) is 0.300. The van der Waals surface area contributed by atoms with Gasteiger partial charge in [0.05, 0.1) is 6.61 Å². The van der Waals surface area contributed by atoms with Crippen LogP contribution < -0.4 is 5.73 Å². The Labute approximate surface area is 77.6 Å². The minimum Gasteiger partial charge on any atom is -0.392 e. The molecule has 68 valence electrons. The van der Waals surface area contributed by atoms with Crippen LogP contribution in [-0.2, 0) is 6.61 Å². The van der Waals surface area contributed by atoms with E-state index in [0.717, 1.165) is 5.56 Å². The van der Waals surface area contributed by atoms with E-state index in [9.17, 15) is 0 Å². The third-order valence-corrected chi connectivity index (χ3v) is 1.49. The van der Waals surface area contributed by atoms with Crippen molar-refractivity contribution in [2.24, 2.45) is 5.73 Å². The fourth-order valence-corrected chi connectivity index (χ4v) is 0.866. The highest BCUT2D eigenvalue weighted by atomic mass is 16.3.